The minimum Gasteiger partial charge on any atom is -0.322 e. The number of halogens is 4. The fraction of sp³-hybridized carbons (Fsp3) is 0.190. The fourth-order valence-electron chi connectivity index (χ4n) is 3.41. The summed E-state index contributed by atoms with van der Waals surface area (Å²) in [4.78, 5) is 17.0. The molecule has 0 atom stereocenters. The predicted octanol–water partition coefficient (Wildman–Crippen LogP) is 4.12. The van der Waals surface area contributed by atoms with E-state index in [1.165, 1.54) is 36.4 Å². The van der Waals surface area contributed by atoms with Gasteiger partial charge in [0.25, 0.3) is 15.9 Å². The van der Waals surface area contributed by atoms with Gasteiger partial charge in [0.1, 0.15) is 11.3 Å². The molecule has 1 aliphatic carbocycles. The van der Waals surface area contributed by atoms with E-state index in [0.29, 0.717) is 4.52 Å². The first kappa shape index (κ1) is 23.9. The van der Waals surface area contributed by atoms with Crippen molar-refractivity contribution in [2.24, 2.45) is 0 Å². The maximum Gasteiger partial charge on any atom is 0.433 e. The van der Waals surface area contributed by atoms with Crippen molar-refractivity contribution in [3.05, 3.63) is 70.8 Å². The summed E-state index contributed by atoms with van der Waals surface area (Å²) in [6.07, 6.45) is -2.22. The molecule has 0 unspecified atom stereocenters. The van der Waals surface area contributed by atoms with E-state index in [4.69, 9.17) is 11.6 Å². The Morgan fingerprint density at radius 2 is 1.81 bits per heavy atom. The van der Waals surface area contributed by atoms with Gasteiger partial charge in [-0.2, -0.15) is 18.3 Å². The number of carbonyl (C=O) groups is 1. The SMILES string of the molecule is O=C(Nc1ccc(S(=O)(=O)Nc2ccc(Cl)nn2)cc1)c1cnn2c(C(F)(F)F)cc(C3CC3)nc12. The van der Waals surface area contributed by atoms with Crippen LogP contribution in [0, 0.1) is 0 Å². The molecule has 4 aromatic rings. The van der Waals surface area contributed by atoms with E-state index in [1.54, 1.807) is 0 Å². The molecule has 10 nitrogen and oxygen atoms in total. The molecule has 1 amide bonds. The van der Waals surface area contributed by atoms with Crippen molar-refractivity contribution >= 4 is 44.7 Å². The van der Waals surface area contributed by atoms with Crippen molar-refractivity contribution in [3.63, 3.8) is 0 Å². The maximum absolute atomic E-state index is 13.6. The number of rotatable bonds is 6. The van der Waals surface area contributed by atoms with Crippen LogP contribution in [-0.2, 0) is 16.2 Å². The van der Waals surface area contributed by atoms with Crippen molar-refractivity contribution in [2.75, 3.05) is 10.0 Å². The number of hydrogen-bond acceptors (Lipinski definition) is 7. The molecule has 36 heavy (non-hydrogen) atoms. The van der Waals surface area contributed by atoms with Crippen molar-refractivity contribution < 1.29 is 26.4 Å². The molecular weight excluding hydrogens is 523 g/mol. The van der Waals surface area contributed by atoms with Crippen LogP contribution >= 0.6 is 11.6 Å². The number of amides is 1. The van der Waals surface area contributed by atoms with E-state index in [9.17, 15) is 26.4 Å². The Morgan fingerprint density at radius 3 is 2.42 bits per heavy atom. The van der Waals surface area contributed by atoms with E-state index >= 15 is 0 Å². The lowest BCUT2D eigenvalue weighted by molar-refractivity contribution is -0.142. The Labute approximate surface area is 206 Å². The van der Waals surface area contributed by atoms with Gasteiger partial charge in [-0.1, -0.05) is 11.6 Å². The molecule has 2 N–H and O–H groups in total. The number of aromatic nitrogens is 5. The van der Waals surface area contributed by atoms with Gasteiger partial charge in [0, 0.05) is 17.3 Å². The number of hydrogen-bond donors (Lipinski definition) is 2. The number of sulfonamides is 1. The summed E-state index contributed by atoms with van der Waals surface area (Å²) in [5.41, 5.74) is -0.906. The zero-order valence-corrected chi connectivity index (χ0v) is 19.6. The molecule has 1 aromatic carbocycles. The molecule has 186 valence electrons. The van der Waals surface area contributed by atoms with Crippen LogP contribution in [0.2, 0.25) is 5.15 Å². The molecule has 0 saturated heterocycles. The third-order valence-electron chi connectivity index (χ3n) is 5.32. The number of fused-ring (bicyclic) bond motifs is 1. The molecule has 3 aromatic heterocycles. The molecule has 5 rings (SSSR count). The number of alkyl halides is 3. The van der Waals surface area contributed by atoms with Gasteiger partial charge in [-0.15, -0.1) is 10.2 Å². The van der Waals surface area contributed by atoms with Crippen LogP contribution in [0.25, 0.3) is 5.65 Å². The molecule has 0 spiro atoms. The first-order chi connectivity index (χ1) is 17.0. The minimum absolute atomic E-state index is 0.0406. The second-order valence-electron chi connectivity index (χ2n) is 7.96. The van der Waals surface area contributed by atoms with E-state index in [-0.39, 0.29) is 44.4 Å². The van der Waals surface area contributed by atoms with E-state index in [2.05, 4.69) is 30.3 Å². The summed E-state index contributed by atoms with van der Waals surface area (Å²) in [7, 11) is -4.01. The van der Waals surface area contributed by atoms with Crippen LogP contribution < -0.4 is 10.0 Å². The van der Waals surface area contributed by atoms with Crippen LogP contribution in [0.5, 0.6) is 0 Å². The Bertz CT molecular complexity index is 1570. The molecule has 0 radical (unpaired) electrons. The fourth-order valence-corrected chi connectivity index (χ4v) is 4.51. The summed E-state index contributed by atoms with van der Waals surface area (Å²) < 4.78 is 68.7. The molecule has 15 heteroatoms. The first-order valence-electron chi connectivity index (χ1n) is 10.4. The van der Waals surface area contributed by atoms with E-state index < -0.39 is 27.8 Å². The van der Waals surface area contributed by atoms with Crippen molar-refractivity contribution in [2.45, 2.75) is 29.8 Å². The zero-order valence-electron chi connectivity index (χ0n) is 18.0. The third-order valence-corrected chi connectivity index (χ3v) is 6.89. The molecular formula is C21H15ClF3N7O3S. The summed E-state index contributed by atoms with van der Waals surface area (Å²) in [6, 6.07) is 8.80. The van der Waals surface area contributed by atoms with Crippen molar-refractivity contribution in [3.8, 4) is 0 Å². The average Bonchev–Trinajstić information content (AvgIpc) is 3.58. The molecule has 3 heterocycles. The summed E-state index contributed by atoms with van der Waals surface area (Å²) in [5.74, 6) is -0.867. The standard InChI is InChI=1S/C21H15ClF3N7O3S/c22-17-7-8-18(30-29-17)31-36(34,35)13-5-3-12(4-6-13)27-20(33)14-10-26-32-16(21(23,24)25)9-15(11-1-2-11)28-19(14)32/h3-11H,1-2H2,(H,27,33)(H,30,31). The Balaban J connectivity index is 1.38. The second-order valence-corrected chi connectivity index (χ2v) is 10.0. The Kier molecular flexibility index (Phi) is 5.79. The summed E-state index contributed by atoms with van der Waals surface area (Å²) >= 11 is 5.64. The normalized spacial score (nSPS) is 14.1. The highest BCUT2D eigenvalue weighted by Crippen LogP contribution is 2.41. The lowest BCUT2D eigenvalue weighted by atomic mass is 10.2. The van der Waals surface area contributed by atoms with Crippen LogP contribution in [0.1, 0.15) is 40.5 Å². The minimum atomic E-state index is -4.68. The van der Waals surface area contributed by atoms with Crippen molar-refractivity contribution in [1.29, 1.82) is 0 Å². The number of carbonyl (C=O) groups excluding carboxylic acids is 1. The number of nitrogens with zero attached hydrogens (tertiary/aromatic N) is 5. The summed E-state index contributed by atoms with van der Waals surface area (Å²) in [5, 5.41) is 13.5. The molecule has 1 fully saturated rings. The zero-order chi connectivity index (χ0) is 25.7. The molecule has 0 bridgehead atoms. The van der Waals surface area contributed by atoms with Crippen LogP contribution in [0.3, 0.4) is 0 Å². The highest BCUT2D eigenvalue weighted by Gasteiger charge is 2.38. The van der Waals surface area contributed by atoms with Gasteiger partial charge >= 0.3 is 6.18 Å². The Hall–Kier alpha value is -3.78. The van der Waals surface area contributed by atoms with Gasteiger partial charge in [-0.05, 0) is 55.3 Å². The second kappa shape index (κ2) is 8.71. The quantitative estimate of drug-likeness (QED) is 0.378. The number of nitrogens with one attached hydrogen (secondary N) is 2. The molecule has 0 aliphatic heterocycles. The van der Waals surface area contributed by atoms with Gasteiger partial charge in [0.2, 0.25) is 0 Å². The topological polar surface area (TPSA) is 131 Å². The number of anilines is 2. The van der Waals surface area contributed by atoms with Crippen LogP contribution in [-0.4, -0.2) is 39.1 Å². The lowest BCUT2D eigenvalue weighted by Crippen LogP contribution is -2.16. The highest BCUT2D eigenvalue weighted by atomic mass is 35.5. The maximum atomic E-state index is 13.6. The summed E-state index contributed by atoms with van der Waals surface area (Å²) in [6.45, 7) is 0. The van der Waals surface area contributed by atoms with E-state index in [0.717, 1.165) is 25.1 Å². The predicted molar refractivity (Wildman–Crippen MR) is 122 cm³/mol. The van der Waals surface area contributed by atoms with Gasteiger partial charge < -0.3 is 5.32 Å². The van der Waals surface area contributed by atoms with Crippen LogP contribution in [0.4, 0.5) is 24.7 Å². The van der Waals surface area contributed by atoms with Crippen LogP contribution in [0.15, 0.2) is 53.6 Å². The largest absolute Gasteiger partial charge is 0.433 e. The molecule has 1 aliphatic rings. The van der Waals surface area contributed by atoms with Gasteiger partial charge in [-0.25, -0.2) is 17.9 Å². The lowest BCUT2D eigenvalue weighted by Gasteiger charge is -2.11. The van der Waals surface area contributed by atoms with Gasteiger partial charge in [0.15, 0.2) is 16.6 Å². The smallest absolute Gasteiger partial charge is 0.322 e. The highest BCUT2D eigenvalue weighted by molar-refractivity contribution is 7.92. The molecule has 1 saturated carbocycles. The monoisotopic (exact) mass is 537 g/mol. The van der Waals surface area contributed by atoms with Crippen molar-refractivity contribution in [1.82, 2.24) is 24.8 Å². The average molecular weight is 538 g/mol. The Morgan fingerprint density at radius 1 is 1.08 bits per heavy atom. The first-order valence-corrected chi connectivity index (χ1v) is 12.3. The number of benzene rings is 1. The van der Waals surface area contributed by atoms with E-state index in [1.807, 2.05) is 0 Å². The van der Waals surface area contributed by atoms with Gasteiger partial charge in [0.05, 0.1) is 11.1 Å². The van der Waals surface area contributed by atoms with Gasteiger partial charge in [-0.3, -0.25) is 9.52 Å². The third kappa shape index (κ3) is 4.81.